The SMILES string of the molecule is O=C1C2CCCN2c2ccc(S(=O)(=O)N3CCOCC3)cc2N1CC=Cc1ccccc1. The maximum Gasteiger partial charge on any atom is 0.250 e. The highest BCUT2D eigenvalue weighted by Gasteiger charge is 2.41. The molecule has 7 nitrogen and oxygen atoms in total. The summed E-state index contributed by atoms with van der Waals surface area (Å²) in [7, 11) is -3.64. The molecule has 8 heteroatoms. The fourth-order valence-electron chi connectivity index (χ4n) is 4.72. The van der Waals surface area contributed by atoms with Gasteiger partial charge in [0.05, 0.1) is 29.5 Å². The molecule has 0 N–H and O–H groups in total. The van der Waals surface area contributed by atoms with Crippen LogP contribution in [-0.4, -0.2) is 64.1 Å². The molecular weight excluding hydrogens is 426 g/mol. The number of morpholine rings is 1. The van der Waals surface area contributed by atoms with Gasteiger partial charge < -0.3 is 14.5 Å². The van der Waals surface area contributed by atoms with Crippen LogP contribution in [0, 0.1) is 0 Å². The van der Waals surface area contributed by atoms with Gasteiger partial charge in [-0.05, 0) is 36.6 Å². The Morgan fingerprint density at radius 3 is 2.56 bits per heavy atom. The van der Waals surface area contributed by atoms with Gasteiger partial charge in [-0.25, -0.2) is 8.42 Å². The van der Waals surface area contributed by atoms with Crippen molar-refractivity contribution in [2.75, 3.05) is 49.2 Å². The largest absolute Gasteiger partial charge is 0.379 e. The second kappa shape index (κ2) is 8.69. The lowest BCUT2D eigenvalue weighted by Gasteiger charge is -2.39. The highest BCUT2D eigenvalue weighted by Crippen LogP contribution is 2.41. The number of fused-ring (bicyclic) bond motifs is 3. The van der Waals surface area contributed by atoms with Crippen LogP contribution in [0.15, 0.2) is 59.5 Å². The van der Waals surface area contributed by atoms with Gasteiger partial charge in [0.25, 0.3) is 0 Å². The molecule has 1 amide bonds. The van der Waals surface area contributed by atoms with Crippen molar-refractivity contribution in [1.82, 2.24) is 4.31 Å². The molecule has 2 aromatic rings. The van der Waals surface area contributed by atoms with E-state index in [9.17, 15) is 13.2 Å². The van der Waals surface area contributed by atoms with E-state index in [0.717, 1.165) is 30.6 Å². The van der Waals surface area contributed by atoms with Gasteiger partial charge in [0.2, 0.25) is 15.9 Å². The lowest BCUT2D eigenvalue weighted by molar-refractivity contribution is -0.119. The number of amides is 1. The predicted molar refractivity (Wildman–Crippen MR) is 124 cm³/mol. The van der Waals surface area contributed by atoms with E-state index in [1.54, 1.807) is 17.0 Å². The number of hydrogen-bond donors (Lipinski definition) is 0. The molecule has 32 heavy (non-hydrogen) atoms. The minimum atomic E-state index is -3.64. The molecule has 1 unspecified atom stereocenters. The first-order valence-corrected chi connectivity index (χ1v) is 12.5. The minimum absolute atomic E-state index is 0.0358. The fourth-order valence-corrected chi connectivity index (χ4v) is 6.14. The zero-order valence-corrected chi connectivity index (χ0v) is 18.7. The average molecular weight is 454 g/mol. The van der Waals surface area contributed by atoms with Crippen molar-refractivity contribution < 1.29 is 17.9 Å². The molecule has 0 bridgehead atoms. The first kappa shape index (κ1) is 21.2. The number of carbonyl (C=O) groups excluding carboxylic acids is 1. The Hall–Kier alpha value is -2.68. The van der Waals surface area contributed by atoms with Gasteiger partial charge in [0.15, 0.2) is 0 Å². The van der Waals surface area contributed by atoms with Crippen LogP contribution in [0.5, 0.6) is 0 Å². The number of ether oxygens (including phenoxy) is 1. The molecule has 3 heterocycles. The molecule has 3 aliphatic rings. The quantitative estimate of drug-likeness (QED) is 0.696. The maximum absolute atomic E-state index is 13.3. The van der Waals surface area contributed by atoms with E-state index < -0.39 is 10.0 Å². The lowest BCUT2D eigenvalue weighted by atomic mass is 10.1. The molecule has 0 aromatic heterocycles. The molecule has 0 radical (unpaired) electrons. The molecule has 2 aromatic carbocycles. The van der Waals surface area contributed by atoms with Crippen molar-refractivity contribution in [2.24, 2.45) is 0 Å². The summed E-state index contributed by atoms with van der Waals surface area (Å²) in [4.78, 5) is 17.4. The van der Waals surface area contributed by atoms with Crippen LogP contribution in [0.1, 0.15) is 18.4 Å². The van der Waals surface area contributed by atoms with Crippen molar-refractivity contribution >= 4 is 33.4 Å². The summed E-state index contributed by atoms with van der Waals surface area (Å²) in [5.74, 6) is 0.0358. The van der Waals surface area contributed by atoms with Crippen molar-refractivity contribution in [1.29, 1.82) is 0 Å². The Morgan fingerprint density at radius 2 is 1.78 bits per heavy atom. The second-order valence-electron chi connectivity index (χ2n) is 8.28. The van der Waals surface area contributed by atoms with Gasteiger partial charge in [-0.2, -0.15) is 4.31 Å². The molecule has 0 spiro atoms. The monoisotopic (exact) mass is 453 g/mol. The Labute approximate surface area is 188 Å². The summed E-state index contributed by atoms with van der Waals surface area (Å²) in [5, 5.41) is 0. The van der Waals surface area contributed by atoms with E-state index in [-0.39, 0.29) is 16.8 Å². The Bertz CT molecular complexity index is 1130. The molecule has 0 saturated carbocycles. The highest BCUT2D eigenvalue weighted by molar-refractivity contribution is 7.89. The Kier molecular flexibility index (Phi) is 5.75. The van der Waals surface area contributed by atoms with E-state index in [1.165, 1.54) is 4.31 Å². The molecule has 2 fully saturated rings. The second-order valence-corrected chi connectivity index (χ2v) is 10.2. The summed E-state index contributed by atoms with van der Waals surface area (Å²) in [5.41, 5.74) is 2.66. The first-order valence-electron chi connectivity index (χ1n) is 11.1. The van der Waals surface area contributed by atoms with E-state index in [4.69, 9.17) is 4.74 Å². The van der Waals surface area contributed by atoms with Crippen LogP contribution in [0.2, 0.25) is 0 Å². The normalized spacial score (nSPS) is 21.8. The zero-order valence-electron chi connectivity index (χ0n) is 17.9. The number of benzene rings is 2. The lowest BCUT2D eigenvalue weighted by Crippen LogP contribution is -2.50. The average Bonchev–Trinajstić information content (AvgIpc) is 3.33. The van der Waals surface area contributed by atoms with Crippen molar-refractivity contribution in [3.8, 4) is 0 Å². The van der Waals surface area contributed by atoms with Gasteiger partial charge in [0, 0.05) is 26.2 Å². The summed E-state index contributed by atoms with van der Waals surface area (Å²) in [6.07, 6.45) is 5.73. The molecule has 2 saturated heterocycles. The topological polar surface area (TPSA) is 70.2 Å². The molecule has 1 atom stereocenters. The number of anilines is 2. The summed E-state index contributed by atoms with van der Waals surface area (Å²) < 4.78 is 33.2. The molecule has 3 aliphatic heterocycles. The van der Waals surface area contributed by atoms with Gasteiger partial charge in [0.1, 0.15) is 6.04 Å². The standard InChI is InChI=1S/C24H27N3O4S/c28-24-22-9-5-12-26(22)21-11-10-20(32(29,30)25-14-16-31-17-15-25)18-23(21)27(24)13-4-8-19-6-2-1-3-7-19/h1-4,6-8,10-11,18,22H,5,9,12-17H2. The van der Waals surface area contributed by atoms with Crippen LogP contribution in [0.3, 0.4) is 0 Å². The van der Waals surface area contributed by atoms with E-state index in [0.29, 0.717) is 38.5 Å². The number of carbonyl (C=O) groups is 1. The third-order valence-corrected chi connectivity index (χ3v) is 8.25. The summed E-state index contributed by atoms with van der Waals surface area (Å²) >= 11 is 0. The molecule has 168 valence electrons. The third-order valence-electron chi connectivity index (χ3n) is 6.36. The van der Waals surface area contributed by atoms with E-state index in [2.05, 4.69) is 4.90 Å². The summed E-state index contributed by atoms with van der Waals surface area (Å²) in [6.45, 7) is 2.69. The van der Waals surface area contributed by atoms with Gasteiger partial charge in [-0.15, -0.1) is 0 Å². The maximum atomic E-state index is 13.3. The van der Waals surface area contributed by atoms with Crippen molar-refractivity contribution in [3.63, 3.8) is 0 Å². The number of rotatable bonds is 5. The van der Waals surface area contributed by atoms with Crippen molar-refractivity contribution in [3.05, 3.63) is 60.2 Å². The zero-order chi connectivity index (χ0) is 22.1. The number of nitrogens with zero attached hydrogens (tertiary/aromatic N) is 3. The number of hydrogen-bond acceptors (Lipinski definition) is 5. The van der Waals surface area contributed by atoms with E-state index >= 15 is 0 Å². The number of sulfonamides is 1. The van der Waals surface area contributed by atoms with Crippen LogP contribution < -0.4 is 9.80 Å². The van der Waals surface area contributed by atoms with Crippen LogP contribution in [-0.2, 0) is 19.6 Å². The summed E-state index contributed by atoms with van der Waals surface area (Å²) in [6, 6.07) is 15.0. The van der Waals surface area contributed by atoms with Crippen molar-refractivity contribution in [2.45, 2.75) is 23.8 Å². The predicted octanol–water partition coefficient (Wildman–Crippen LogP) is 2.74. The van der Waals surface area contributed by atoms with Gasteiger partial charge in [-0.1, -0.05) is 42.5 Å². The Morgan fingerprint density at radius 1 is 1.00 bits per heavy atom. The van der Waals surface area contributed by atoms with Gasteiger partial charge in [-0.3, -0.25) is 4.79 Å². The third kappa shape index (κ3) is 3.83. The molecular formula is C24H27N3O4S. The van der Waals surface area contributed by atoms with Crippen LogP contribution in [0.25, 0.3) is 6.08 Å². The Balaban J connectivity index is 1.49. The molecule has 0 aliphatic carbocycles. The van der Waals surface area contributed by atoms with Gasteiger partial charge >= 0.3 is 0 Å². The molecule has 5 rings (SSSR count). The smallest absolute Gasteiger partial charge is 0.250 e. The van der Waals surface area contributed by atoms with E-state index in [1.807, 2.05) is 48.6 Å². The highest BCUT2D eigenvalue weighted by atomic mass is 32.2. The van der Waals surface area contributed by atoms with Crippen LogP contribution >= 0.6 is 0 Å². The fraction of sp³-hybridized carbons (Fsp3) is 0.375. The minimum Gasteiger partial charge on any atom is -0.379 e. The first-order chi connectivity index (χ1) is 15.6. The van der Waals surface area contributed by atoms with Crippen LogP contribution in [0.4, 0.5) is 11.4 Å².